The van der Waals surface area contributed by atoms with Gasteiger partial charge in [-0.15, -0.1) is 0 Å². The van der Waals surface area contributed by atoms with E-state index in [0.717, 1.165) is 15.0 Å². The molecule has 0 bridgehead atoms. The molecule has 0 unspecified atom stereocenters. The molecule has 4 aromatic rings. The molecule has 2 aromatic heterocycles. The monoisotopic (exact) mass is 618 g/mol. The van der Waals surface area contributed by atoms with Gasteiger partial charge in [-0.3, -0.25) is 34.5 Å². The number of aromatic amines is 1. The Kier molecular flexibility index (Phi) is 8.66. The van der Waals surface area contributed by atoms with Crippen LogP contribution in [0.5, 0.6) is 5.88 Å². The van der Waals surface area contributed by atoms with Crippen molar-refractivity contribution in [2.75, 3.05) is 10.2 Å². The third kappa shape index (κ3) is 6.48. The number of H-pyrrole nitrogens is 1. The summed E-state index contributed by atoms with van der Waals surface area (Å²) in [6.45, 7) is 3.11. The summed E-state index contributed by atoms with van der Waals surface area (Å²) in [5.41, 5.74) is 0.126. The van der Waals surface area contributed by atoms with Crippen LogP contribution in [0.3, 0.4) is 0 Å². The summed E-state index contributed by atoms with van der Waals surface area (Å²) >= 11 is 0. The Balaban J connectivity index is 1.57. The molecule has 4 N–H and O–H groups in total. The van der Waals surface area contributed by atoms with Crippen molar-refractivity contribution in [3.63, 3.8) is 0 Å². The first-order valence-electron chi connectivity index (χ1n) is 13.8. The minimum absolute atomic E-state index is 0.135. The number of nitrogens with one attached hydrogen (secondary N) is 3. The van der Waals surface area contributed by atoms with E-state index in [1.807, 2.05) is 0 Å². The molecule has 1 fully saturated rings. The SMILES string of the molecule is CC(=O)Nc1cccc(-n2c(=O)[nH]c(O)c(/C=C/C(=C/C=C3/C(=O)NC(=O)N(c4cccc(C)c4)C3=O)c3ccncc3)c2=O)c1. The number of rotatable bonds is 7. The Morgan fingerprint density at radius 1 is 0.957 bits per heavy atom. The Morgan fingerprint density at radius 2 is 1.67 bits per heavy atom. The van der Waals surface area contributed by atoms with Gasteiger partial charge in [0.15, 0.2) is 0 Å². The van der Waals surface area contributed by atoms with Gasteiger partial charge in [0, 0.05) is 25.0 Å². The number of nitrogens with zero attached hydrogens (tertiary/aromatic N) is 3. The predicted molar refractivity (Wildman–Crippen MR) is 170 cm³/mol. The maximum atomic E-state index is 13.5. The number of allylic oxidation sites excluding steroid dienone is 4. The normalized spacial score (nSPS) is 14.6. The van der Waals surface area contributed by atoms with Gasteiger partial charge in [-0.1, -0.05) is 30.4 Å². The summed E-state index contributed by atoms with van der Waals surface area (Å²) in [7, 11) is 0. The smallest absolute Gasteiger partial charge is 0.335 e. The molecule has 0 spiro atoms. The third-order valence-corrected chi connectivity index (χ3v) is 6.78. The average molecular weight is 619 g/mol. The second-order valence-corrected chi connectivity index (χ2v) is 10.1. The summed E-state index contributed by atoms with van der Waals surface area (Å²) in [5, 5.41) is 15.3. The molecular weight excluding hydrogens is 592 g/mol. The van der Waals surface area contributed by atoms with Gasteiger partial charge in [-0.05, 0) is 78.2 Å². The Bertz CT molecular complexity index is 2110. The largest absolute Gasteiger partial charge is 0.494 e. The van der Waals surface area contributed by atoms with Crippen LogP contribution >= 0.6 is 0 Å². The van der Waals surface area contributed by atoms with Crippen LogP contribution in [0.25, 0.3) is 17.3 Å². The lowest BCUT2D eigenvalue weighted by Crippen LogP contribution is -2.54. The second kappa shape index (κ2) is 12.9. The molecular formula is C33H26N6O7. The molecule has 13 nitrogen and oxygen atoms in total. The lowest BCUT2D eigenvalue weighted by atomic mass is 10.0. The molecule has 1 saturated heterocycles. The zero-order chi connectivity index (χ0) is 33.0. The number of amides is 5. The molecule has 13 heteroatoms. The van der Waals surface area contributed by atoms with Crippen LogP contribution in [0.1, 0.15) is 23.6 Å². The lowest BCUT2D eigenvalue weighted by Gasteiger charge is -2.26. The van der Waals surface area contributed by atoms with E-state index in [1.54, 1.807) is 55.5 Å². The fraction of sp³-hybridized carbons (Fsp3) is 0.0606. The topological polar surface area (TPSA) is 184 Å². The molecule has 5 amide bonds. The van der Waals surface area contributed by atoms with Gasteiger partial charge in [0.05, 0.1) is 11.4 Å². The molecule has 46 heavy (non-hydrogen) atoms. The van der Waals surface area contributed by atoms with Crippen LogP contribution < -0.4 is 26.8 Å². The third-order valence-electron chi connectivity index (χ3n) is 6.78. The summed E-state index contributed by atoms with van der Waals surface area (Å²) in [4.78, 5) is 83.5. The number of anilines is 2. The van der Waals surface area contributed by atoms with Gasteiger partial charge >= 0.3 is 11.7 Å². The van der Waals surface area contributed by atoms with E-state index in [1.165, 1.54) is 55.8 Å². The maximum Gasteiger partial charge on any atom is 0.335 e. The molecule has 0 atom stereocenters. The average Bonchev–Trinajstić information content (AvgIpc) is 3.00. The number of hydrogen-bond donors (Lipinski definition) is 4. The van der Waals surface area contributed by atoms with Crippen LogP contribution in [0.2, 0.25) is 0 Å². The number of pyridine rings is 1. The Hall–Kier alpha value is -6.63. The highest BCUT2D eigenvalue weighted by atomic mass is 16.3. The number of carbonyl (C=O) groups is 4. The molecule has 1 aliphatic rings. The first-order chi connectivity index (χ1) is 22.0. The number of aryl methyl sites for hydroxylation is 1. The molecule has 230 valence electrons. The second-order valence-electron chi connectivity index (χ2n) is 10.1. The standard InChI is InChI=1S/C33H26N6O7/c1-19-5-3-7-24(17-19)38-30(43)26(28(41)36-32(38)45)11-9-21(22-13-15-34-16-14-22)10-12-27-29(42)37-33(46)39(31(27)44)25-8-4-6-23(18-25)35-20(2)40/h3-18,42H,1-2H3,(H,35,40)(H,37,46)(H,36,41,45)/b12-10+,21-9-,26-11-. The van der Waals surface area contributed by atoms with Crippen molar-refractivity contribution in [1.29, 1.82) is 0 Å². The molecule has 0 aliphatic carbocycles. The van der Waals surface area contributed by atoms with Gasteiger partial charge in [-0.2, -0.15) is 0 Å². The minimum atomic E-state index is -0.913. The number of aromatic nitrogens is 3. The van der Waals surface area contributed by atoms with Gasteiger partial charge in [0.25, 0.3) is 17.4 Å². The van der Waals surface area contributed by atoms with Crippen molar-refractivity contribution in [1.82, 2.24) is 19.9 Å². The zero-order valence-corrected chi connectivity index (χ0v) is 24.5. The highest BCUT2D eigenvalue weighted by Crippen LogP contribution is 2.23. The molecule has 0 radical (unpaired) electrons. The molecule has 0 saturated carbocycles. The van der Waals surface area contributed by atoms with Gasteiger partial charge in [0.1, 0.15) is 11.1 Å². The van der Waals surface area contributed by atoms with Crippen LogP contribution in [-0.4, -0.2) is 43.4 Å². The zero-order valence-electron chi connectivity index (χ0n) is 24.5. The Labute approximate surface area is 260 Å². The van der Waals surface area contributed by atoms with Crippen molar-refractivity contribution in [3.05, 3.63) is 134 Å². The van der Waals surface area contributed by atoms with Crippen LogP contribution in [0.4, 0.5) is 16.2 Å². The van der Waals surface area contributed by atoms with Gasteiger partial charge in [-0.25, -0.2) is 19.1 Å². The first-order valence-corrected chi connectivity index (χ1v) is 13.8. The summed E-state index contributed by atoms with van der Waals surface area (Å²) in [5.74, 6) is -2.77. The number of barbiturate groups is 1. The summed E-state index contributed by atoms with van der Waals surface area (Å²) < 4.78 is 0.796. The fourth-order valence-electron chi connectivity index (χ4n) is 4.67. The first kappa shape index (κ1) is 30.8. The van der Waals surface area contributed by atoms with Crippen LogP contribution in [-0.2, 0) is 14.4 Å². The minimum Gasteiger partial charge on any atom is -0.494 e. The number of hydrogen-bond acceptors (Lipinski definition) is 8. The quantitative estimate of drug-likeness (QED) is 0.138. The van der Waals surface area contributed by atoms with Gasteiger partial charge < -0.3 is 10.4 Å². The predicted octanol–water partition coefficient (Wildman–Crippen LogP) is 3.20. The van der Waals surface area contributed by atoms with E-state index in [4.69, 9.17) is 0 Å². The van der Waals surface area contributed by atoms with E-state index in [-0.39, 0.29) is 28.4 Å². The van der Waals surface area contributed by atoms with E-state index < -0.39 is 35.0 Å². The number of benzene rings is 2. The van der Waals surface area contributed by atoms with E-state index in [9.17, 15) is 33.9 Å². The number of urea groups is 1. The van der Waals surface area contributed by atoms with Crippen molar-refractivity contribution >= 4 is 46.8 Å². The van der Waals surface area contributed by atoms with Crippen LogP contribution in [0, 0.1) is 6.92 Å². The lowest BCUT2D eigenvalue weighted by molar-refractivity contribution is -0.122. The molecule has 2 aromatic carbocycles. The van der Waals surface area contributed by atoms with Crippen molar-refractivity contribution in [2.24, 2.45) is 0 Å². The van der Waals surface area contributed by atoms with Crippen molar-refractivity contribution < 1.29 is 24.3 Å². The maximum absolute atomic E-state index is 13.5. The highest BCUT2D eigenvalue weighted by molar-refractivity contribution is 6.37. The highest BCUT2D eigenvalue weighted by Gasteiger charge is 2.36. The number of imide groups is 2. The van der Waals surface area contributed by atoms with E-state index in [0.29, 0.717) is 16.8 Å². The van der Waals surface area contributed by atoms with Crippen molar-refractivity contribution in [2.45, 2.75) is 13.8 Å². The van der Waals surface area contributed by atoms with Crippen LogP contribution in [0.15, 0.2) is 106 Å². The Morgan fingerprint density at radius 3 is 2.39 bits per heavy atom. The van der Waals surface area contributed by atoms with E-state index in [2.05, 4.69) is 20.6 Å². The summed E-state index contributed by atoms with van der Waals surface area (Å²) in [6, 6.07) is 15.1. The summed E-state index contributed by atoms with van der Waals surface area (Å²) in [6.07, 6.45) is 8.39. The number of aromatic hydroxyl groups is 1. The fourth-order valence-corrected chi connectivity index (χ4v) is 4.67. The molecule has 1 aliphatic heterocycles. The molecule has 5 rings (SSSR count). The van der Waals surface area contributed by atoms with E-state index >= 15 is 0 Å². The van der Waals surface area contributed by atoms with Gasteiger partial charge in [0.2, 0.25) is 11.8 Å². The number of carbonyl (C=O) groups excluding carboxylic acids is 4. The van der Waals surface area contributed by atoms with Crippen molar-refractivity contribution in [3.8, 4) is 11.6 Å². The molecule has 3 heterocycles.